The molecule has 0 radical (unpaired) electrons. The molecule has 1 aromatic rings. The van der Waals surface area contributed by atoms with Crippen molar-refractivity contribution < 1.29 is 4.79 Å². The van der Waals surface area contributed by atoms with Crippen molar-refractivity contribution in [2.45, 2.75) is 25.4 Å². The van der Waals surface area contributed by atoms with Crippen molar-refractivity contribution in [1.82, 2.24) is 14.9 Å². The molecule has 5 heteroatoms. The van der Waals surface area contributed by atoms with Crippen molar-refractivity contribution in [2.75, 3.05) is 18.8 Å². The van der Waals surface area contributed by atoms with Crippen LogP contribution in [0.5, 0.6) is 0 Å². The van der Waals surface area contributed by atoms with E-state index in [0.29, 0.717) is 22.7 Å². The van der Waals surface area contributed by atoms with E-state index in [4.69, 9.17) is 0 Å². The molecule has 1 fully saturated rings. The lowest BCUT2D eigenvalue weighted by Gasteiger charge is -2.34. The Hall–Kier alpha value is -1.10. The van der Waals surface area contributed by atoms with Crippen molar-refractivity contribution >= 4 is 17.7 Å². The number of hydrogen-bond acceptors (Lipinski definition) is 4. The van der Waals surface area contributed by atoms with E-state index in [2.05, 4.69) is 23.8 Å². The van der Waals surface area contributed by atoms with E-state index >= 15 is 0 Å². The number of carbonyl (C=O) groups excluding carboxylic acids is 1. The molecular weight excluding hydrogens is 246 g/mol. The van der Waals surface area contributed by atoms with Crippen molar-refractivity contribution in [2.24, 2.45) is 11.8 Å². The van der Waals surface area contributed by atoms with E-state index in [-0.39, 0.29) is 5.91 Å². The van der Waals surface area contributed by atoms with Crippen LogP contribution in [0.4, 0.5) is 0 Å². The summed E-state index contributed by atoms with van der Waals surface area (Å²) in [6.45, 7) is 6.20. The quantitative estimate of drug-likeness (QED) is 0.620. The predicted molar refractivity (Wildman–Crippen MR) is 72.3 cm³/mol. The Bertz CT molecular complexity index is 388. The highest BCUT2D eigenvalue weighted by Gasteiger charge is 2.25. The van der Waals surface area contributed by atoms with Gasteiger partial charge < -0.3 is 4.90 Å². The minimum atomic E-state index is 0.200. The van der Waals surface area contributed by atoms with Gasteiger partial charge in [0.15, 0.2) is 5.16 Å². The zero-order valence-corrected chi connectivity index (χ0v) is 11.7. The molecule has 0 aromatic carbocycles. The number of piperidine rings is 1. The second kappa shape index (κ2) is 6.18. The van der Waals surface area contributed by atoms with Crippen molar-refractivity contribution in [3.8, 4) is 0 Å². The summed E-state index contributed by atoms with van der Waals surface area (Å²) in [6, 6.07) is 1.78. The highest BCUT2D eigenvalue weighted by molar-refractivity contribution is 7.99. The van der Waals surface area contributed by atoms with Gasteiger partial charge >= 0.3 is 0 Å². The van der Waals surface area contributed by atoms with Gasteiger partial charge in [-0.15, -0.1) is 0 Å². The average molecular weight is 265 g/mol. The molecule has 0 bridgehead atoms. The first-order valence-corrected chi connectivity index (χ1v) is 7.31. The first kappa shape index (κ1) is 13.3. The summed E-state index contributed by atoms with van der Waals surface area (Å²) in [5.74, 6) is 1.85. The van der Waals surface area contributed by atoms with Crippen LogP contribution in [0, 0.1) is 11.8 Å². The fraction of sp³-hybridized carbons (Fsp3) is 0.615. The highest BCUT2D eigenvalue weighted by Crippen LogP contribution is 2.22. The number of likely N-dealkylation sites (tertiary alicyclic amines) is 1. The maximum atomic E-state index is 12.1. The number of nitrogens with zero attached hydrogens (tertiary/aromatic N) is 3. The fourth-order valence-electron chi connectivity index (χ4n) is 2.44. The van der Waals surface area contributed by atoms with Crippen molar-refractivity contribution in [3.05, 3.63) is 18.5 Å². The van der Waals surface area contributed by atoms with E-state index < -0.39 is 0 Å². The summed E-state index contributed by atoms with van der Waals surface area (Å²) < 4.78 is 0. The van der Waals surface area contributed by atoms with Crippen LogP contribution in [0.25, 0.3) is 0 Å². The summed E-state index contributed by atoms with van der Waals surface area (Å²) in [6.07, 6.45) is 4.62. The second-order valence-electron chi connectivity index (χ2n) is 5.06. The Morgan fingerprint density at radius 2 is 1.94 bits per heavy atom. The maximum Gasteiger partial charge on any atom is 0.233 e. The molecule has 1 saturated heterocycles. The SMILES string of the molecule is CC1CC(C)CN(C(=O)CSc2ncccn2)C1. The summed E-state index contributed by atoms with van der Waals surface area (Å²) >= 11 is 1.41. The molecule has 0 spiro atoms. The lowest BCUT2D eigenvalue weighted by atomic mass is 9.92. The number of amides is 1. The Balaban J connectivity index is 1.84. The molecule has 4 nitrogen and oxygen atoms in total. The van der Waals surface area contributed by atoms with Crippen LogP contribution in [0.3, 0.4) is 0 Å². The van der Waals surface area contributed by atoms with Crippen molar-refractivity contribution in [3.63, 3.8) is 0 Å². The third kappa shape index (κ3) is 3.70. The van der Waals surface area contributed by atoms with E-state index in [0.717, 1.165) is 13.1 Å². The minimum Gasteiger partial charge on any atom is -0.341 e. The average Bonchev–Trinajstić information content (AvgIpc) is 2.36. The molecule has 98 valence electrons. The molecule has 0 saturated carbocycles. The Morgan fingerprint density at radius 3 is 2.56 bits per heavy atom. The monoisotopic (exact) mass is 265 g/mol. The largest absolute Gasteiger partial charge is 0.341 e. The molecule has 1 amide bonds. The number of aromatic nitrogens is 2. The van der Waals surface area contributed by atoms with Crippen molar-refractivity contribution in [1.29, 1.82) is 0 Å². The molecule has 1 aromatic heterocycles. The molecular formula is C13H19N3OS. The highest BCUT2D eigenvalue weighted by atomic mass is 32.2. The molecule has 2 heterocycles. The molecule has 0 N–H and O–H groups in total. The van der Waals surface area contributed by atoms with Gasteiger partial charge in [-0.2, -0.15) is 0 Å². The lowest BCUT2D eigenvalue weighted by molar-refractivity contribution is -0.130. The lowest BCUT2D eigenvalue weighted by Crippen LogP contribution is -2.43. The predicted octanol–water partition coefficient (Wildman–Crippen LogP) is 2.07. The summed E-state index contributed by atoms with van der Waals surface area (Å²) in [7, 11) is 0. The molecule has 18 heavy (non-hydrogen) atoms. The molecule has 2 atom stereocenters. The summed E-state index contributed by atoms with van der Waals surface area (Å²) in [5, 5.41) is 0.670. The van der Waals surface area contributed by atoms with Gasteiger partial charge in [0, 0.05) is 25.5 Å². The van der Waals surface area contributed by atoms with Gasteiger partial charge in [0.2, 0.25) is 5.91 Å². The number of rotatable bonds is 3. The van der Waals surface area contributed by atoms with Gasteiger partial charge in [0.05, 0.1) is 5.75 Å². The van der Waals surface area contributed by atoms with Gasteiger partial charge in [-0.1, -0.05) is 25.6 Å². The van der Waals surface area contributed by atoms with E-state index in [9.17, 15) is 4.79 Å². The standard InChI is InChI=1S/C13H19N3OS/c1-10-6-11(2)8-16(7-10)12(17)9-18-13-14-4-3-5-15-13/h3-5,10-11H,6-9H2,1-2H3. The zero-order chi connectivity index (χ0) is 13.0. The van der Waals surface area contributed by atoms with E-state index in [1.165, 1.54) is 18.2 Å². The molecule has 2 rings (SSSR count). The number of thioether (sulfide) groups is 1. The number of carbonyl (C=O) groups is 1. The molecule has 1 aliphatic rings. The maximum absolute atomic E-state index is 12.1. The van der Waals surface area contributed by atoms with Crippen LogP contribution in [0.15, 0.2) is 23.6 Å². The Morgan fingerprint density at radius 1 is 1.33 bits per heavy atom. The minimum absolute atomic E-state index is 0.200. The van der Waals surface area contributed by atoms with Gasteiger partial charge in [0.1, 0.15) is 0 Å². The number of hydrogen-bond donors (Lipinski definition) is 0. The van der Waals surface area contributed by atoms with Crippen LogP contribution < -0.4 is 0 Å². The third-order valence-electron chi connectivity index (χ3n) is 3.09. The van der Waals surface area contributed by atoms with Crippen LogP contribution in [-0.4, -0.2) is 39.6 Å². The Kier molecular flexibility index (Phi) is 4.58. The van der Waals surface area contributed by atoms with Gasteiger partial charge in [-0.25, -0.2) is 9.97 Å². The van der Waals surface area contributed by atoms with E-state index in [1.54, 1.807) is 18.5 Å². The fourth-order valence-corrected chi connectivity index (χ4v) is 3.15. The van der Waals surface area contributed by atoms with E-state index in [1.807, 2.05) is 4.90 Å². The first-order valence-electron chi connectivity index (χ1n) is 6.32. The van der Waals surface area contributed by atoms with Gasteiger partial charge in [-0.05, 0) is 24.3 Å². The zero-order valence-electron chi connectivity index (χ0n) is 10.9. The van der Waals surface area contributed by atoms with Gasteiger partial charge in [0.25, 0.3) is 0 Å². The third-order valence-corrected chi connectivity index (χ3v) is 3.95. The van der Waals surface area contributed by atoms with Crippen LogP contribution in [0.1, 0.15) is 20.3 Å². The topological polar surface area (TPSA) is 46.1 Å². The normalized spacial score (nSPS) is 24.0. The van der Waals surface area contributed by atoms with Crippen LogP contribution >= 0.6 is 11.8 Å². The molecule has 0 aliphatic carbocycles. The summed E-state index contributed by atoms with van der Waals surface area (Å²) in [5.41, 5.74) is 0. The van der Waals surface area contributed by atoms with Crippen LogP contribution in [-0.2, 0) is 4.79 Å². The van der Waals surface area contributed by atoms with Gasteiger partial charge in [-0.3, -0.25) is 4.79 Å². The second-order valence-corrected chi connectivity index (χ2v) is 6.01. The first-order chi connectivity index (χ1) is 8.65. The summed E-state index contributed by atoms with van der Waals surface area (Å²) in [4.78, 5) is 22.3. The molecule has 1 aliphatic heterocycles. The molecule has 2 unspecified atom stereocenters. The van der Waals surface area contributed by atoms with Crippen LogP contribution in [0.2, 0.25) is 0 Å². The smallest absolute Gasteiger partial charge is 0.233 e. The Labute approximate surface area is 112 Å².